The average molecular weight is 525 g/mol. The van der Waals surface area contributed by atoms with Crippen LogP contribution in [0.5, 0.6) is 5.75 Å². The number of likely N-dealkylation sites (N-methyl/N-ethyl adjacent to an activating group) is 1. The standard InChI is InChI=1S/C28H28N8O3/c1-17(2)35-10-9-30-27(35)20-5-4-6-25(33-20)36-16-32-21-12-24(39-14-26(37)29-3)23(11-19(21)28(36)38)34-13-22(31-15-34)18-7-8-18/h4-6,9-13,15-18H,7-8,14H2,1-3H3,(H,29,37). The van der Waals surface area contributed by atoms with Crippen LogP contribution in [0.25, 0.3) is 33.9 Å². The molecule has 4 heterocycles. The number of hydrogen-bond donors (Lipinski definition) is 1. The summed E-state index contributed by atoms with van der Waals surface area (Å²) < 4.78 is 11.1. The smallest absolute Gasteiger partial charge is 0.267 e. The summed E-state index contributed by atoms with van der Waals surface area (Å²) in [6, 6.07) is 9.10. The third-order valence-electron chi connectivity index (χ3n) is 6.79. The quantitative estimate of drug-likeness (QED) is 0.330. The summed E-state index contributed by atoms with van der Waals surface area (Å²) in [5.41, 5.74) is 2.42. The van der Waals surface area contributed by atoms with Crippen LogP contribution in [-0.2, 0) is 4.79 Å². The molecule has 1 aliphatic rings. The molecule has 1 amide bonds. The Morgan fingerprint density at radius 1 is 1.15 bits per heavy atom. The van der Waals surface area contributed by atoms with Crippen molar-refractivity contribution in [3.63, 3.8) is 0 Å². The van der Waals surface area contributed by atoms with E-state index >= 15 is 0 Å². The topological polar surface area (TPSA) is 122 Å². The Balaban J connectivity index is 1.45. The summed E-state index contributed by atoms with van der Waals surface area (Å²) in [5, 5.41) is 2.94. The first kappa shape index (κ1) is 24.5. The minimum atomic E-state index is -0.279. The number of carbonyl (C=O) groups excluding carboxylic acids is 1. The number of nitrogens with one attached hydrogen (secondary N) is 1. The van der Waals surface area contributed by atoms with Crippen molar-refractivity contribution in [1.82, 2.24) is 39.0 Å². The maximum Gasteiger partial charge on any atom is 0.267 e. The number of benzene rings is 1. The summed E-state index contributed by atoms with van der Waals surface area (Å²) in [5.74, 6) is 1.78. The average Bonchev–Trinajstić information content (AvgIpc) is 3.46. The van der Waals surface area contributed by atoms with E-state index in [0.717, 1.165) is 24.4 Å². The minimum absolute atomic E-state index is 0.168. The van der Waals surface area contributed by atoms with Gasteiger partial charge in [-0.05, 0) is 44.9 Å². The molecule has 11 heteroatoms. The van der Waals surface area contributed by atoms with E-state index in [0.29, 0.717) is 39.8 Å². The van der Waals surface area contributed by atoms with Crippen LogP contribution in [0.1, 0.15) is 44.3 Å². The lowest BCUT2D eigenvalue weighted by Crippen LogP contribution is -2.25. The van der Waals surface area contributed by atoms with Gasteiger partial charge in [0, 0.05) is 43.7 Å². The molecule has 0 radical (unpaired) electrons. The minimum Gasteiger partial charge on any atom is -0.481 e. The van der Waals surface area contributed by atoms with Gasteiger partial charge in [0.25, 0.3) is 11.5 Å². The molecule has 4 aromatic heterocycles. The van der Waals surface area contributed by atoms with Gasteiger partial charge in [0.1, 0.15) is 23.6 Å². The Labute approximate surface area is 224 Å². The van der Waals surface area contributed by atoms with Gasteiger partial charge >= 0.3 is 0 Å². The molecule has 198 valence electrons. The van der Waals surface area contributed by atoms with Crippen molar-refractivity contribution in [2.24, 2.45) is 0 Å². The van der Waals surface area contributed by atoms with Gasteiger partial charge in [-0.25, -0.2) is 19.9 Å². The van der Waals surface area contributed by atoms with E-state index in [-0.39, 0.29) is 24.1 Å². The molecule has 11 nitrogen and oxygen atoms in total. The Hall–Kier alpha value is -4.80. The van der Waals surface area contributed by atoms with E-state index in [1.807, 2.05) is 33.7 Å². The first-order chi connectivity index (χ1) is 18.9. The zero-order valence-electron chi connectivity index (χ0n) is 21.9. The van der Waals surface area contributed by atoms with Crippen LogP contribution in [0.15, 0.2) is 66.4 Å². The normalized spacial score (nSPS) is 13.2. The van der Waals surface area contributed by atoms with E-state index in [1.165, 1.54) is 10.9 Å². The number of hydrogen-bond acceptors (Lipinski definition) is 7. The highest BCUT2D eigenvalue weighted by Gasteiger charge is 2.26. The Kier molecular flexibility index (Phi) is 6.18. The number of fused-ring (bicyclic) bond motifs is 1. The van der Waals surface area contributed by atoms with Crippen LogP contribution in [0.2, 0.25) is 0 Å². The molecule has 0 atom stereocenters. The number of aromatic nitrogens is 7. The third-order valence-corrected chi connectivity index (χ3v) is 6.79. The summed E-state index contributed by atoms with van der Waals surface area (Å²) >= 11 is 0. The Morgan fingerprint density at radius 2 is 2.00 bits per heavy atom. The highest BCUT2D eigenvalue weighted by atomic mass is 16.5. The van der Waals surface area contributed by atoms with Crippen molar-refractivity contribution in [2.45, 2.75) is 38.6 Å². The SMILES string of the molecule is CNC(=O)COc1cc2ncn(-c3cccc(-c4nccn4C(C)C)n3)c(=O)c2cc1-n1cnc(C2CC2)c1. The molecule has 0 saturated heterocycles. The molecular formula is C28H28N8O3. The molecule has 39 heavy (non-hydrogen) atoms. The van der Waals surface area contributed by atoms with Crippen molar-refractivity contribution < 1.29 is 9.53 Å². The predicted molar refractivity (Wildman–Crippen MR) is 145 cm³/mol. The first-order valence-corrected chi connectivity index (χ1v) is 12.9. The van der Waals surface area contributed by atoms with Gasteiger partial charge in [-0.3, -0.25) is 14.2 Å². The highest BCUT2D eigenvalue weighted by Crippen LogP contribution is 2.39. The van der Waals surface area contributed by atoms with Crippen molar-refractivity contribution in [1.29, 1.82) is 0 Å². The van der Waals surface area contributed by atoms with Crippen LogP contribution in [0.3, 0.4) is 0 Å². The number of carbonyl (C=O) groups is 1. The maximum atomic E-state index is 13.8. The lowest BCUT2D eigenvalue weighted by atomic mass is 10.2. The lowest BCUT2D eigenvalue weighted by molar-refractivity contribution is -0.122. The third kappa shape index (κ3) is 4.67. The number of pyridine rings is 1. The van der Waals surface area contributed by atoms with Crippen LogP contribution < -0.4 is 15.6 Å². The summed E-state index contributed by atoms with van der Waals surface area (Å²) in [4.78, 5) is 43.9. The van der Waals surface area contributed by atoms with E-state index in [2.05, 4.69) is 34.1 Å². The van der Waals surface area contributed by atoms with E-state index in [1.54, 1.807) is 37.8 Å². The number of rotatable bonds is 8. The fourth-order valence-electron chi connectivity index (χ4n) is 4.50. The molecule has 1 fully saturated rings. The van der Waals surface area contributed by atoms with Crippen molar-refractivity contribution in [2.75, 3.05) is 13.7 Å². The van der Waals surface area contributed by atoms with Crippen LogP contribution in [0.4, 0.5) is 0 Å². The van der Waals surface area contributed by atoms with Crippen molar-refractivity contribution in [3.05, 3.63) is 77.6 Å². The maximum absolute atomic E-state index is 13.8. The first-order valence-electron chi connectivity index (χ1n) is 12.9. The second-order valence-corrected chi connectivity index (χ2v) is 9.83. The van der Waals surface area contributed by atoms with E-state index < -0.39 is 0 Å². The summed E-state index contributed by atoms with van der Waals surface area (Å²) in [7, 11) is 1.55. The van der Waals surface area contributed by atoms with Crippen LogP contribution >= 0.6 is 0 Å². The molecule has 5 aromatic rings. The molecule has 0 unspecified atom stereocenters. The monoisotopic (exact) mass is 524 g/mol. The Bertz CT molecular complexity index is 1750. The van der Waals surface area contributed by atoms with Crippen molar-refractivity contribution >= 4 is 16.8 Å². The fraction of sp³-hybridized carbons (Fsp3) is 0.286. The fourth-order valence-corrected chi connectivity index (χ4v) is 4.50. The summed E-state index contributed by atoms with van der Waals surface area (Å²) in [6.45, 7) is 3.98. The number of nitrogens with zero attached hydrogens (tertiary/aromatic N) is 7. The molecular weight excluding hydrogens is 496 g/mol. The second-order valence-electron chi connectivity index (χ2n) is 9.83. The highest BCUT2D eigenvalue weighted by molar-refractivity contribution is 5.83. The van der Waals surface area contributed by atoms with Crippen LogP contribution in [0, 0.1) is 0 Å². The van der Waals surface area contributed by atoms with E-state index in [4.69, 9.17) is 9.72 Å². The van der Waals surface area contributed by atoms with Gasteiger partial charge in [0.2, 0.25) is 0 Å². The van der Waals surface area contributed by atoms with Crippen LogP contribution in [-0.4, -0.2) is 53.2 Å². The molecule has 1 N–H and O–H groups in total. The number of amides is 1. The van der Waals surface area contributed by atoms with Gasteiger partial charge < -0.3 is 19.2 Å². The molecule has 1 aromatic carbocycles. The van der Waals surface area contributed by atoms with Gasteiger partial charge in [0.05, 0.1) is 28.6 Å². The number of imidazole rings is 2. The predicted octanol–water partition coefficient (Wildman–Crippen LogP) is 3.41. The zero-order chi connectivity index (χ0) is 27.1. The zero-order valence-corrected chi connectivity index (χ0v) is 21.9. The van der Waals surface area contributed by atoms with Crippen molar-refractivity contribution in [3.8, 4) is 28.8 Å². The molecule has 6 rings (SSSR count). The largest absolute Gasteiger partial charge is 0.481 e. The molecule has 1 aliphatic carbocycles. The molecule has 0 bridgehead atoms. The molecule has 0 aliphatic heterocycles. The van der Waals surface area contributed by atoms with Gasteiger partial charge in [-0.2, -0.15) is 0 Å². The second kappa shape index (κ2) is 9.82. The Morgan fingerprint density at radius 3 is 2.77 bits per heavy atom. The lowest BCUT2D eigenvalue weighted by Gasteiger charge is -2.14. The van der Waals surface area contributed by atoms with Gasteiger partial charge in [-0.15, -0.1) is 0 Å². The van der Waals surface area contributed by atoms with E-state index in [9.17, 15) is 9.59 Å². The molecule has 0 spiro atoms. The van der Waals surface area contributed by atoms with Gasteiger partial charge in [0.15, 0.2) is 12.4 Å². The summed E-state index contributed by atoms with van der Waals surface area (Å²) in [6.07, 6.45) is 11.0. The molecule has 1 saturated carbocycles. The number of ether oxygens (including phenoxy) is 1. The van der Waals surface area contributed by atoms with Gasteiger partial charge in [-0.1, -0.05) is 6.07 Å².